The van der Waals surface area contributed by atoms with E-state index < -0.39 is 0 Å². The van der Waals surface area contributed by atoms with Crippen molar-refractivity contribution in [1.29, 1.82) is 0 Å². The molecule has 2 aromatic heterocycles. The zero-order chi connectivity index (χ0) is 18.7. The first-order valence-corrected chi connectivity index (χ1v) is 9.31. The minimum Gasteiger partial charge on any atom is -0.360 e. The van der Waals surface area contributed by atoms with Crippen LogP contribution in [0.15, 0.2) is 44.8 Å². The highest BCUT2D eigenvalue weighted by Gasteiger charge is 2.14. The molecule has 7 nitrogen and oxygen atoms in total. The molecule has 0 unspecified atom stereocenters. The van der Waals surface area contributed by atoms with E-state index in [1.54, 1.807) is 23.6 Å². The van der Waals surface area contributed by atoms with Crippen LogP contribution in [0.1, 0.15) is 32.1 Å². The van der Waals surface area contributed by atoms with Crippen molar-refractivity contribution < 1.29 is 9.32 Å². The molecule has 0 fully saturated rings. The van der Waals surface area contributed by atoms with E-state index in [0.717, 1.165) is 0 Å². The van der Waals surface area contributed by atoms with Gasteiger partial charge in [-0.05, 0) is 32.9 Å². The lowest BCUT2D eigenvalue weighted by Gasteiger charge is -2.15. The Morgan fingerprint density at radius 1 is 1.35 bits per heavy atom. The lowest BCUT2D eigenvalue weighted by Crippen LogP contribution is -2.25. The van der Waals surface area contributed by atoms with Gasteiger partial charge >= 0.3 is 0 Å². The number of benzene rings is 1. The molecular formula is C18H20N4O3S. The Morgan fingerprint density at radius 2 is 2.12 bits per heavy atom. The monoisotopic (exact) mass is 372 g/mol. The Labute approximate surface area is 154 Å². The third-order valence-electron chi connectivity index (χ3n) is 3.75. The van der Waals surface area contributed by atoms with Crippen LogP contribution in [0.2, 0.25) is 0 Å². The number of carbonyl (C=O) groups excluding carboxylic acids is 1. The summed E-state index contributed by atoms with van der Waals surface area (Å²) in [6.07, 6.45) is 0.275. The second-order valence-corrected chi connectivity index (χ2v) is 7.21. The fourth-order valence-electron chi connectivity index (χ4n) is 2.55. The van der Waals surface area contributed by atoms with Crippen LogP contribution < -0.4 is 10.9 Å². The van der Waals surface area contributed by atoms with Gasteiger partial charge in [-0.1, -0.05) is 29.1 Å². The number of amides is 1. The minimum absolute atomic E-state index is 0.0194. The molecule has 0 saturated carbocycles. The van der Waals surface area contributed by atoms with E-state index in [9.17, 15) is 9.59 Å². The van der Waals surface area contributed by atoms with Crippen LogP contribution in [0.3, 0.4) is 0 Å². The first-order chi connectivity index (χ1) is 12.5. The van der Waals surface area contributed by atoms with E-state index in [1.165, 1.54) is 11.8 Å². The number of anilines is 1. The molecule has 0 spiro atoms. The molecule has 0 aliphatic heterocycles. The number of aryl methyl sites for hydroxylation is 1. The molecule has 136 valence electrons. The first kappa shape index (κ1) is 18.2. The van der Waals surface area contributed by atoms with E-state index in [1.807, 2.05) is 32.0 Å². The molecule has 1 aromatic carbocycles. The molecular weight excluding hydrogens is 352 g/mol. The van der Waals surface area contributed by atoms with Crippen molar-refractivity contribution in [2.24, 2.45) is 0 Å². The SMILES string of the molecule is Cc1cc(NC(=O)CCSc2nc3ccccc3c(=O)n2C(C)C)no1. The van der Waals surface area contributed by atoms with Gasteiger partial charge in [-0.3, -0.25) is 14.2 Å². The maximum Gasteiger partial charge on any atom is 0.262 e. The van der Waals surface area contributed by atoms with Gasteiger partial charge in [0.15, 0.2) is 11.0 Å². The highest BCUT2D eigenvalue weighted by molar-refractivity contribution is 7.99. The Balaban J connectivity index is 1.73. The summed E-state index contributed by atoms with van der Waals surface area (Å²) in [5, 5.41) is 7.64. The number of hydrogen-bond acceptors (Lipinski definition) is 6. The molecule has 0 radical (unpaired) electrons. The largest absolute Gasteiger partial charge is 0.360 e. The zero-order valence-electron chi connectivity index (χ0n) is 14.9. The molecule has 0 bridgehead atoms. The van der Waals surface area contributed by atoms with Crippen molar-refractivity contribution in [2.75, 3.05) is 11.1 Å². The van der Waals surface area contributed by atoms with E-state index in [-0.39, 0.29) is 23.9 Å². The maximum absolute atomic E-state index is 12.7. The molecule has 1 amide bonds. The van der Waals surface area contributed by atoms with Crippen molar-refractivity contribution >= 4 is 34.4 Å². The summed E-state index contributed by atoms with van der Waals surface area (Å²) < 4.78 is 6.59. The van der Waals surface area contributed by atoms with Gasteiger partial charge in [0.1, 0.15) is 5.76 Å². The molecule has 0 saturated heterocycles. The van der Waals surface area contributed by atoms with Gasteiger partial charge in [-0.2, -0.15) is 0 Å². The summed E-state index contributed by atoms with van der Waals surface area (Å²) in [4.78, 5) is 29.4. The number of nitrogens with one attached hydrogen (secondary N) is 1. The third kappa shape index (κ3) is 3.96. The van der Waals surface area contributed by atoms with Crippen molar-refractivity contribution in [2.45, 2.75) is 38.4 Å². The lowest BCUT2D eigenvalue weighted by atomic mass is 10.2. The fraction of sp³-hybridized carbons (Fsp3) is 0.333. The van der Waals surface area contributed by atoms with Gasteiger partial charge in [0.25, 0.3) is 5.56 Å². The van der Waals surface area contributed by atoms with Gasteiger partial charge in [-0.25, -0.2) is 4.98 Å². The average Bonchev–Trinajstić information content (AvgIpc) is 2.99. The van der Waals surface area contributed by atoms with Crippen molar-refractivity contribution in [3.05, 3.63) is 46.4 Å². The number of nitrogens with zero attached hydrogens (tertiary/aromatic N) is 3. The molecule has 8 heteroatoms. The lowest BCUT2D eigenvalue weighted by molar-refractivity contribution is -0.115. The molecule has 3 aromatic rings. The summed E-state index contributed by atoms with van der Waals surface area (Å²) in [6, 6.07) is 8.94. The Bertz CT molecular complexity index is 994. The second kappa shape index (κ2) is 7.74. The average molecular weight is 372 g/mol. The molecule has 26 heavy (non-hydrogen) atoms. The predicted octanol–water partition coefficient (Wildman–Crippen LogP) is 3.39. The summed E-state index contributed by atoms with van der Waals surface area (Å²) in [5.74, 6) is 1.38. The predicted molar refractivity (Wildman–Crippen MR) is 102 cm³/mol. The maximum atomic E-state index is 12.7. The van der Waals surface area contributed by atoms with E-state index in [0.29, 0.717) is 33.4 Å². The summed E-state index contributed by atoms with van der Waals surface area (Å²) >= 11 is 1.40. The third-order valence-corrected chi connectivity index (χ3v) is 4.70. The zero-order valence-corrected chi connectivity index (χ0v) is 15.7. The normalized spacial score (nSPS) is 11.2. The molecule has 1 N–H and O–H groups in total. The fourth-order valence-corrected chi connectivity index (χ4v) is 3.61. The molecule has 0 atom stereocenters. The van der Waals surface area contributed by atoms with Gasteiger partial charge < -0.3 is 9.84 Å². The smallest absolute Gasteiger partial charge is 0.262 e. The van der Waals surface area contributed by atoms with Crippen LogP contribution in [-0.4, -0.2) is 26.4 Å². The van der Waals surface area contributed by atoms with E-state index >= 15 is 0 Å². The van der Waals surface area contributed by atoms with Crippen molar-refractivity contribution in [3.8, 4) is 0 Å². The summed E-state index contributed by atoms with van der Waals surface area (Å²) in [6.45, 7) is 5.65. The Hall–Kier alpha value is -2.61. The number of para-hydroxylation sites is 1. The number of aromatic nitrogens is 3. The van der Waals surface area contributed by atoms with Gasteiger partial charge in [-0.15, -0.1) is 0 Å². The number of hydrogen-bond donors (Lipinski definition) is 1. The van der Waals surface area contributed by atoms with Crippen LogP contribution >= 0.6 is 11.8 Å². The Kier molecular flexibility index (Phi) is 5.41. The van der Waals surface area contributed by atoms with Crippen LogP contribution in [0.4, 0.5) is 5.82 Å². The number of carbonyl (C=O) groups is 1. The topological polar surface area (TPSA) is 90.0 Å². The second-order valence-electron chi connectivity index (χ2n) is 6.15. The summed E-state index contributed by atoms with van der Waals surface area (Å²) in [5.41, 5.74) is 0.607. The number of thioether (sulfide) groups is 1. The number of rotatable bonds is 6. The van der Waals surface area contributed by atoms with Crippen molar-refractivity contribution in [3.63, 3.8) is 0 Å². The molecule has 0 aliphatic rings. The van der Waals surface area contributed by atoms with Gasteiger partial charge in [0, 0.05) is 24.3 Å². The highest BCUT2D eigenvalue weighted by Crippen LogP contribution is 2.21. The Morgan fingerprint density at radius 3 is 2.81 bits per heavy atom. The van der Waals surface area contributed by atoms with E-state index in [4.69, 9.17) is 4.52 Å². The van der Waals surface area contributed by atoms with Crippen LogP contribution in [0, 0.1) is 6.92 Å². The summed E-state index contributed by atoms with van der Waals surface area (Å²) in [7, 11) is 0. The van der Waals surface area contributed by atoms with Crippen LogP contribution in [0.25, 0.3) is 10.9 Å². The molecule has 3 rings (SSSR count). The number of fused-ring (bicyclic) bond motifs is 1. The highest BCUT2D eigenvalue weighted by atomic mass is 32.2. The first-order valence-electron chi connectivity index (χ1n) is 8.33. The van der Waals surface area contributed by atoms with Crippen LogP contribution in [0.5, 0.6) is 0 Å². The minimum atomic E-state index is -0.162. The van der Waals surface area contributed by atoms with Gasteiger partial charge in [0.2, 0.25) is 5.91 Å². The quantitative estimate of drug-likeness (QED) is 0.527. The van der Waals surface area contributed by atoms with Gasteiger partial charge in [0.05, 0.1) is 10.9 Å². The van der Waals surface area contributed by atoms with Crippen molar-refractivity contribution in [1.82, 2.24) is 14.7 Å². The van der Waals surface area contributed by atoms with E-state index in [2.05, 4.69) is 15.5 Å². The molecule has 2 heterocycles. The molecule has 0 aliphatic carbocycles. The van der Waals surface area contributed by atoms with Crippen LogP contribution in [-0.2, 0) is 4.79 Å². The standard InChI is InChI=1S/C18H20N4O3S/c1-11(2)22-17(24)13-6-4-5-7-14(13)19-18(22)26-9-8-16(23)20-15-10-12(3)25-21-15/h4-7,10-11H,8-9H2,1-3H3,(H,20,21,23).